The minimum Gasteiger partial charge on any atom is -0.309 e. The van der Waals surface area contributed by atoms with Crippen molar-refractivity contribution in [3.05, 3.63) is 59.7 Å². The predicted molar refractivity (Wildman–Crippen MR) is 91.2 cm³/mol. The number of hydrogen-bond acceptors (Lipinski definition) is 2. The lowest BCUT2D eigenvalue weighted by molar-refractivity contribution is -0.118. The number of hydrogen-bond donors (Lipinski definition) is 0. The van der Waals surface area contributed by atoms with Crippen LogP contribution in [0.3, 0.4) is 0 Å². The van der Waals surface area contributed by atoms with Gasteiger partial charge in [0.15, 0.2) is 0 Å². The summed E-state index contributed by atoms with van der Waals surface area (Å²) in [5, 5.41) is 0. The Morgan fingerprint density at radius 2 is 1.61 bits per heavy atom. The van der Waals surface area contributed by atoms with Crippen LogP contribution in [-0.4, -0.2) is 12.3 Å². The molecule has 1 aliphatic rings. The van der Waals surface area contributed by atoms with Crippen LogP contribution in [0.5, 0.6) is 0 Å². The number of para-hydroxylation sites is 2. The van der Waals surface area contributed by atoms with Gasteiger partial charge in [0.1, 0.15) is 0 Å². The number of nitrogens with zero attached hydrogens (tertiary/aromatic N) is 2. The van der Waals surface area contributed by atoms with E-state index in [1.165, 1.54) is 0 Å². The molecule has 0 atom stereocenters. The molecule has 4 nitrogen and oxygen atoms in total. The molecule has 0 aliphatic carbocycles. The van der Waals surface area contributed by atoms with Gasteiger partial charge >= 0.3 is 0 Å². The first-order chi connectivity index (χ1) is 11.2. The standard InChI is InChI=1S/C19H20N2O2/c1-2-7-19(23)21-13-16-9-4-3-8-15(16)12-20(14-22)17-10-5-6-11-18(17)21/h3-6,8-11,14H,2,7,12-13H2,1H3. The zero-order valence-electron chi connectivity index (χ0n) is 13.2. The monoisotopic (exact) mass is 308 g/mol. The molecule has 0 spiro atoms. The highest BCUT2D eigenvalue weighted by atomic mass is 16.2. The molecule has 23 heavy (non-hydrogen) atoms. The van der Waals surface area contributed by atoms with Crippen molar-refractivity contribution in [1.82, 2.24) is 0 Å². The van der Waals surface area contributed by atoms with Crippen LogP contribution in [0.25, 0.3) is 0 Å². The van der Waals surface area contributed by atoms with Gasteiger partial charge in [0.2, 0.25) is 12.3 Å². The molecule has 118 valence electrons. The third-order valence-electron chi connectivity index (χ3n) is 4.16. The average molecular weight is 308 g/mol. The van der Waals surface area contributed by atoms with Gasteiger partial charge in [-0.2, -0.15) is 0 Å². The van der Waals surface area contributed by atoms with Gasteiger partial charge < -0.3 is 9.80 Å². The summed E-state index contributed by atoms with van der Waals surface area (Å²) in [4.78, 5) is 27.7. The lowest BCUT2D eigenvalue weighted by Gasteiger charge is -2.32. The molecule has 3 rings (SSSR count). The molecule has 0 N–H and O–H groups in total. The highest BCUT2D eigenvalue weighted by molar-refractivity contribution is 5.98. The Morgan fingerprint density at radius 1 is 1.00 bits per heavy atom. The van der Waals surface area contributed by atoms with E-state index in [-0.39, 0.29) is 5.91 Å². The molecule has 0 aromatic heterocycles. The van der Waals surface area contributed by atoms with Crippen molar-refractivity contribution in [3.63, 3.8) is 0 Å². The first-order valence-corrected chi connectivity index (χ1v) is 7.92. The second-order valence-corrected chi connectivity index (χ2v) is 5.72. The van der Waals surface area contributed by atoms with Gasteiger partial charge in [0.25, 0.3) is 0 Å². The van der Waals surface area contributed by atoms with E-state index < -0.39 is 0 Å². The maximum absolute atomic E-state index is 12.6. The summed E-state index contributed by atoms with van der Waals surface area (Å²) in [5.74, 6) is 0.0857. The van der Waals surface area contributed by atoms with Crippen molar-refractivity contribution in [2.45, 2.75) is 32.9 Å². The maximum atomic E-state index is 12.6. The molecule has 1 aliphatic heterocycles. The molecule has 0 radical (unpaired) electrons. The fourth-order valence-electron chi connectivity index (χ4n) is 2.99. The van der Waals surface area contributed by atoms with Crippen molar-refractivity contribution >= 4 is 23.7 Å². The lowest BCUT2D eigenvalue weighted by atomic mass is 10.0. The smallest absolute Gasteiger partial charge is 0.227 e. The molecule has 0 saturated heterocycles. The Bertz CT molecular complexity index is 727. The van der Waals surface area contributed by atoms with Gasteiger partial charge in [-0.3, -0.25) is 9.59 Å². The molecule has 0 unspecified atom stereocenters. The fourth-order valence-corrected chi connectivity index (χ4v) is 2.99. The Labute approximate surface area is 136 Å². The van der Waals surface area contributed by atoms with Crippen LogP contribution in [0.15, 0.2) is 48.5 Å². The van der Waals surface area contributed by atoms with Gasteiger partial charge in [-0.05, 0) is 29.7 Å². The number of fused-ring (bicyclic) bond motifs is 2. The first kappa shape index (κ1) is 15.3. The van der Waals surface area contributed by atoms with Crippen molar-refractivity contribution < 1.29 is 9.59 Å². The van der Waals surface area contributed by atoms with E-state index in [1.54, 1.807) is 9.80 Å². The topological polar surface area (TPSA) is 40.6 Å². The summed E-state index contributed by atoms with van der Waals surface area (Å²) in [6.07, 6.45) is 2.14. The van der Waals surface area contributed by atoms with E-state index in [0.29, 0.717) is 19.5 Å². The highest BCUT2D eigenvalue weighted by Gasteiger charge is 2.24. The summed E-state index contributed by atoms with van der Waals surface area (Å²) in [5.41, 5.74) is 3.73. The number of carbonyl (C=O) groups excluding carboxylic acids is 2. The highest BCUT2D eigenvalue weighted by Crippen LogP contribution is 2.34. The number of amides is 2. The molecular weight excluding hydrogens is 288 g/mol. The quantitative estimate of drug-likeness (QED) is 0.814. The maximum Gasteiger partial charge on any atom is 0.227 e. The molecule has 0 bridgehead atoms. The zero-order chi connectivity index (χ0) is 16.2. The van der Waals surface area contributed by atoms with Gasteiger partial charge in [-0.1, -0.05) is 43.3 Å². The first-order valence-electron chi connectivity index (χ1n) is 7.92. The number of carbonyl (C=O) groups is 2. The Kier molecular flexibility index (Phi) is 4.42. The summed E-state index contributed by atoms with van der Waals surface area (Å²) >= 11 is 0. The average Bonchev–Trinajstić information content (AvgIpc) is 2.57. The summed E-state index contributed by atoms with van der Waals surface area (Å²) in [6, 6.07) is 15.6. The van der Waals surface area contributed by atoms with E-state index in [1.807, 2.05) is 55.5 Å². The van der Waals surface area contributed by atoms with Gasteiger partial charge in [0, 0.05) is 6.42 Å². The predicted octanol–water partition coefficient (Wildman–Crippen LogP) is 3.50. The van der Waals surface area contributed by atoms with Crippen LogP contribution in [0, 0.1) is 0 Å². The normalized spacial score (nSPS) is 13.6. The van der Waals surface area contributed by atoms with E-state index in [9.17, 15) is 9.59 Å². The molecule has 2 aromatic carbocycles. The fraction of sp³-hybridized carbons (Fsp3) is 0.263. The number of rotatable bonds is 3. The van der Waals surface area contributed by atoms with E-state index >= 15 is 0 Å². The van der Waals surface area contributed by atoms with Crippen LogP contribution in [0.1, 0.15) is 30.9 Å². The Morgan fingerprint density at radius 3 is 2.26 bits per heavy atom. The number of benzene rings is 2. The van der Waals surface area contributed by atoms with Crippen LogP contribution < -0.4 is 9.80 Å². The van der Waals surface area contributed by atoms with Gasteiger partial charge in [0.05, 0.1) is 24.5 Å². The van der Waals surface area contributed by atoms with Crippen LogP contribution in [0.2, 0.25) is 0 Å². The summed E-state index contributed by atoms with van der Waals surface area (Å²) in [6.45, 7) is 3.06. The van der Waals surface area contributed by atoms with Crippen molar-refractivity contribution in [3.8, 4) is 0 Å². The molecule has 2 aromatic rings. The Balaban J connectivity index is 2.13. The summed E-state index contributed by atoms with van der Waals surface area (Å²) < 4.78 is 0. The van der Waals surface area contributed by atoms with Crippen LogP contribution >= 0.6 is 0 Å². The third kappa shape index (κ3) is 2.97. The summed E-state index contributed by atoms with van der Waals surface area (Å²) in [7, 11) is 0. The van der Waals surface area contributed by atoms with Crippen molar-refractivity contribution in [2.24, 2.45) is 0 Å². The van der Waals surface area contributed by atoms with Crippen LogP contribution in [0.4, 0.5) is 11.4 Å². The SMILES string of the molecule is CCCC(=O)N1Cc2ccccc2CN(C=O)c2ccccc21. The zero-order valence-corrected chi connectivity index (χ0v) is 13.2. The van der Waals surface area contributed by atoms with Gasteiger partial charge in [-0.15, -0.1) is 0 Å². The second kappa shape index (κ2) is 6.65. The minimum absolute atomic E-state index is 0.0857. The Hall–Kier alpha value is -2.62. The second-order valence-electron chi connectivity index (χ2n) is 5.72. The molecule has 0 saturated carbocycles. The largest absolute Gasteiger partial charge is 0.309 e. The molecule has 1 heterocycles. The van der Waals surface area contributed by atoms with E-state index in [2.05, 4.69) is 0 Å². The number of anilines is 2. The van der Waals surface area contributed by atoms with Crippen molar-refractivity contribution in [1.29, 1.82) is 0 Å². The third-order valence-corrected chi connectivity index (χ3v) is 4.16. The lowest BCUT2D eigenvalue weighted by Crippen LogP contribution is -2.35. The molecule has 2 amide bonds. The van der Waals surface area contributed by atoms with E-state index in [4.69, 9.17) is 0 Å². The molecular formula is C19H20N2O2. The molecule has 0 fully saturated rings. The van der Waals surface area contributed by atoms with Crippen LogP contribution in [-0.2, 0) is 22.7 Å². The van der Waals surface area contributed by atoms with Crippen molar-refractivity contribution in [2.75, 3.05) is 9.80 Å². The molecule has 4 heteroatoms. The minimum atomic E-state index is 0.0857. The van der Waals surface area contributed by atoms with Gasteiger partial charge in [-0.25, -0.2) is 0 Å². The van der Waals surface area contributed by atoms with E-state index in [0.717, 1.165) is 35.3 Å².